The van der Waals surface area contributed by atoms with Crippen molar-refractivity contribution in [1.82, 2.24) is 0 Å². The summed E-state index contributed by atoms with van der Waals surface area (Å²) in [7, 11) is 0. The standard InChI is InChI=1S/C64H72N2O20S2/c1-6-39(3)58(71)81-36-34-79-54(69)28-26-52(67)77-32-30-41-8-20-47(21-9-41)83-60(73)43-12-16-45(17-13-43)62(75)85-50-24-25-51(57-56(50)87-64(88-57)49(38-65)66-5)86-63(76)46-18-14-44(15-19-46)61(74)84-48-22-10-42(11-23-48)31-33-78-53(68)27-29-55(70)80-35-37-82-59(72)40(4)7-2/h8-11,20-25,39-40,43-46H,6-7,12-19,26-37H2,1-4H3. The molecule has 0 radical (unpaired) electrons. The van der Waals surface area contributed by atoms with Gasteiger partial charge in [0.25, 0.3) is 5.70 Å². The van der Waals surface area contributed by atoms with E-state index in [-0.39, 0.29) is 106 Å². The van der Waals surface area contributed by atoms with Crippen molar-refractivity contribution >= 4 is 83.2 Å². The van der Waals surface area contributed by atoms with Gasteiger partial charge in [-0.3, -0.25) is 47.9 Å². The predicted octanol–water partition coefficient (Wildman–Crippen LogP) is 10.1. The number of hydrogen-bond donors (Lipinski definition) is 0. The first-order valence-corrected chi connectivity index (χ1v) is 31.1. The number of nitrogens with zero attached hydrogens (tertiary/aromatic N) is 2. The van der Waals surface area contributed by atoms with Crippen molar-refractivity contribution in [3.8, 4) is 29.1 Å². The van der Waals surface area contributed by atoms with Crippen LogP contribution in [0.4, 0.5) is 0 Å². The van der Waals surface area contributed by atoms with Gasteiger partial charge < -0.3 is 47.4 Å². The maximum Gasteiger partial charge on any atom is 0.314 e. The molecule has 0 amide bonds. The fourth-order valence-corrected chi connectivity index (χ4v) is 11.6. The van der Waals surface area contributed by atoms with E-state index in [2.05, 4.69) is 4.85 Å². The molecule has 2 unspecified atom stereocenters. The van der Waals surface area contributed by atoms with Crippen molar-refractivity contribution in [2.75, 3.05) is 39.6 Å². The van der Waals surface area contributed by atoms with Gasteiger partial charge in [-0.15, -0.1) is 0 Å². The van der Waals surface area contributed by atoms with E-state index in [1.165, 1.54) is 12.1 Å². The number of benzene rings is 3. The molecule has 0 saturated heterocycles. The summed E-state index contributed by atoms with van der Waals surface area (Å²) in [5, 5.41) is 9.72. The lowest BCUT2D eigenvalue weighted by molar-refractivity contribution is -0.156. The summed E-state index contributed by atoms with van der Waals surface area (Å²) >= 11 is 2.12. The molecule has 2 saturated carbocycles. The lowest BCUT2D eigenvalue weighted by atomic mass is 9.82. The van der Waals surface area contributed by atoms with Gasteiger partial charge in [-0.2, -0.15) is 0 Å². The molecule has 3 aliphatic rings. The minimum atomic E-state index is -0.612. The first-order chi connectivity index (χ1) is 42.4. The van der Waals surface area contributed by atoms with Crippen LogP contribution in [-0.2, 0) is 89.2 Å². The Morgan fingerprint density at radius 2 is 0.784 bits per heavy atom. The Kier molecular flexibility index (Phi) is 27.8. The normalized spacial score (nSPS) is 17.4. The van der Waals surface area contributed by atoms with E-state index in [4.69, 9.17) is 53.9 Å². The van der Waals surface area contributed by atoms with Gasteiger partial charge in [-0.05, 0) is 112 Å². The number of nitriles is 1. The van der Waals surface area contributed by atoms with Gasteiger partial charge in [0.2, 0.25) is 0 Å². The van der Waals surface area contributed by atoms with Crippen LogP contribution in [0.1, 0.15) is 129 Å². The van der Waals surface area contributed by atoms with Crippen LogP contribution >= 0.6 is 23.5 Å². The van der Waals surface area contributed by atoms with Gasteiger partial charge in [0.15, 0.2) is 0 Å². The number of thioether (sulfide) groups is 2. The molecule has 0 aromatic heterocycles. The van der Waals surface area contributed by atoms with E-state index in [9.17, 15) is 53.2 Å². The number of carbonyl (C=O) groups excluding carboxylic acids is 10. The molecule has 470 valence electrons. The monoisotopic (exact) mass is 1250 g/mol. The number of rotatable bonds is 30. The molecule has 0 N–H and O–H groups in total. The Bertz CT molecular complexity index is 2890. The highest BCUT2D eigenvalue weighted by molar-refractivity contribution is 8.24. The van der Waals surface area contributed by atoms with E-state index < -0.39 is 71.4 Å². The fraction of sp³-hybridized carbons (Fsp3) is 0.500. The Morgan fingerprint density at radius 1 is 0.477 bits per heavy atom. The van der Waals surface area contributed by atoms with Crippen molar-refractivity contribution in [2.45, 2.75) is 140 Å². The number of allylic oxidation sites excluding steroid dienone is 1. The molecule has 0 spiro atoms. The molecule has 2 aliphatic carbocycles. The van der Waals surface area contributed by atoms with Crippen LogP contribution in [0.2, 0.25) is 0 Å². The molecule has 88 heavy (non-hydrogen) atoms. The number of ether oxygens (including phenoxy) is 10. The Hall–Kier alpha value is -8.22. The second kappa shape index (κ2) is 35.6. The molecule has 22 nitrogen and oxygen atoms in total. The van der Waals surface area contributed by atoms with Crippen molar-refractivity contribution in [3.63, 3.8) is 0 Å². The smallest absolute Gasteiger partial charge is 0.314 e. The molecule has 1 aliphatic heterocycles. The Balaban J connectivity index is 0.886. The van der Waals surface area contributed by atoms with Gasteiger partial charge in [0.1, 0.15) is 49.4 Å². The number of hydrogen-bond acceptors (Lipinski definition) is 23. The maximum atomic E-state index is 13.7. The third-order valence-corrected chi connectivity index (χ3v) is 17.5. The summed E-state index contributed by atoms with van der Waals surface area (Å²) in [5.74, 6) is -6.59. The van der Waals surface area contributed by atoms with Crippen molar-refractivity contribution in [1.29, 1.82) is 5.26 Å². The van der Waals surface area contributed by atoms with Crippen LogP contribution in [0.5, 0.6) is 23.0 Å². The highest BCUT2D eigenvalue weighted by Gasteiger charge is 2.37. The molecule has 2 atom stereocenters. The summed E-state index contributed by atoms with van der Waals surface area (Å²) in [6.07, 6.45) is 4.16. The molecular weight excluding hydrogens is 1180 g/mol. The van der Waals surface area contributed by atoms with Crippen molar-refractivity contribution in [2.24, 2.45) is 35.5 Å². The summed E-state index contributed by atoms with van der Waals surface area (Å²) < 4.78 is 54.1. The average molecular weight is 1250 g/mol. The van der Waals surface area contributed by atoms with Crippen LogP contribution in [0.15, 0.2) is 80.4 Å². The molecular formula is C64H72N2O20S2. The zero-order chi connectivity index (χ0) is 63.5. The lowest BCUT2D eigenvalue weighted by Crippen LogP contribution is -2.30. The predicted molar refractivity (Wildman–Crippen MR) is 314 cm³/mol. The summed E-state index contributed by atoms with van der Waals surface area (Å²) in [6.45, 7) is 14.6. The van der Waals surface area contributed by atoms with E-state index in [1.807, 2.05) is 19.9 Å². The molecule has 24 heteroatoms. The van der Waals surface area contributed by atoms with Crippen LogP contribution < -0.4 is 18.9 Å². The van der Waals surface area contributed by atoms with E-state index in [0.717, 1.165) is 34.7 Å². The number of fused-ring (bicyclic) bond motifs is 1. The summed E-state index contributed by atoms with van der Waals surface area (Å²) in [5.41, 5.74) is 1.44. The Labute approximate surface area is 519 Å². The summed E-state index contributed by atoms with van der Waals surface area (Å²) in [4.78, 5) is 130. The fourth-order valence-electron chi connectivity index (χ4n) is 9.14. The van der Waals surface area contributed by atoms with Crippen LogP contribution in [-0.4, -0.2) is 99.3 Å². The first kappa shape index (κ1) is 68.9. The zero-order valence-electron chi connectivity index (χ0n) is 49.7. The topological polar surface area (TPSA) is 291 Å². The van der Waals surface area contributed by atoms with Crippen LogP contribution in [0.3, 0.4) is 0 Å². The van der Waals surface area contributed by atoms with E-state index in [0.29, 0.717) is 103 Å². The van der Waals surface area contributed by atoms with Crippen LogP contribution in [0.25, 0.3) is 4.85 Å². The quantitative estimate of drug-likeness (QED) is 0.0150. The summed E-state index contributed by atoms with van der Waals surface area (Å²) in [6, 6.07) is 18.4. The minimum absolute atomic E-state index is 0.0609. The van der Waals surface area contributed by atoms with Gasteiger partial charge in [0.05, 0.1) is 101 Å². The molecule has 2 fully saturated rings. The highest BCUT2D eigenvalue weighted by atomic mass is 32.2. The third-order valence-electron chi connectivity index (χ3n) is 14.9. The maximum absolute atomic E-state index is 13.7. The second-order valence-corrected chi connectivity index (χ2v) is 23.5. The molecule has 1 heterocycles. The molecule has 6 rings (SSSR count). The lowest BCUT2D eigenvalue weighted by Gasteiger charge is -2.26. The van der Waals surface area contributed by atoms with Gasteiger partial charge in [0, 0.05) is 12.8 Å². The molecule has 3 aromatic rings. The van der Waals surface area contributed by atoms with E-state index in [1.54, 1.807) is 62.4 Å². The van der Waals surface area contributed by atoms with Gasteiger partial charge >= 0.3 is 59.7 Å². The highest BCUT2D eigenvalue weighted by Crippen LogP contribution is 2.59. The largest absolute Gasteiger partial charge is 0.465 e. The average Bonchev–Trinajstić information content (AvgIpc) is 2.55. The zero-order valence-corrected chi connectivity index (χ0v) is 51.3. The van der Waals surface area contributed by atoms with Crippen molar-refractivity contribution < 1.29 is 95.3 Å². The SMILES string of the molecule is [C-]#[N+]C(C#N)=C1Sc2c(OC(=O)C3CCC(C(=O)Oc4ccc(CCOC(=O)CCC(=O)OCCOC(=O)C(C)CC)cc4)CC3)ccc(OC(=O)C3CCC(C(=O)Oc4ccc(CCOC(=O)CCC(=O)OCCOC(=O)C(C)CC)cc4)CC3)c2S1. The molecule has 0 bridgehead atoms. The minimum Gasteiger partial charge on any atom is -0.465 e. The van der Waals surface area contributed by atoms with Gasteiger partial charge in [-0.1, -0.05) is 75.5 Å². The second-order valence-electron chi connectivity index (χ2n) is 21.2. The first-order valence-electron chi connectivity index (χ1n) is 29.4. The van der Waals surface area contributed by atoms with E-state index >= 15 is 0 Å². The van der Waals surface area contributed by atoms with Crippen LogP contribution in [0, 0.1) is 53.4 Å². The van der Waals surface area contributed by atoms with Gasteiger partial charge in [-0.25, -0.2) is 10.1 Å². The van der Waals surface area contributed by atoms with Crippen molar-refractivity contribution in [3.05, 3.63) is 93.1 Å². The molecule has 3 aromatic carbocycles. The number of esters is 10. The number of carbonyl (C=O) groups is 10. The Morgan fingerprint density at radius 3 is 1.09 bits per heavy atom. The third kappa shape index (κ3) is 21.9.